The Bertz CT molecular complexity index is 662. The summed E-state index contributed by atoms with van der Waals surface area (Å²) in [6, 6.07) is 4.74. The lowest BCUT2D eigenvalue weighted by Gasteiger charge is -2.46. The van der Waals surface area contributed by atoms with Gasteiger partial charge < -0.3 is 19.3 Å². The van der Waals surface area contributed by atoms with Gasteiger partial charge in [-0.1, -0.05) is 0 Å². The third-order valence-corrected chi connectivity index (χ3v) is 6.20. The molecule has 0 aromatic heterocycles. The third-order valence-electron chi connectivity index (χ3n) is 6.20. The zero-order valence-corrected chi connectivity index (χ0v) is 11.6. The summed E-state index contributed by atoms with van der Waals surface area (Å²) in [5.41, 5.74) is 2.78. The minimum absolute atomic E-state index is 0.0394. The lowest BCUT2D eigenvalue weighted by atomic mass is 9.63. The fourth-order valence-electron chi connectivity index (χ4n) is 5.29. The molecule has 1 N–H and O–H groups in total. The van der Waals surface area contributed by atoms with Crippen LogP contribution in [0.1, 0.15) is 24.0 Å². The van der Waals surface area contributed by atoms with E-state index >= 15 is 0 Å². The van der Waals surface area contributed by atoms with Gasteiger partial charge in [0.2, 0.25) is 6.79 Å². The first-order valence-electron chi connectivity index (χ1n) is 7.78. The minimum atomic E-state index is -0.302. The number of epoxide rings is 1. The van der Waals surface area contributed by atoms with Crippen molar-refractivity contribution >= 4 is 0 Å². The van der Waals surface area contributed by atoms with Crippen LogP contribution in [0.4, 0.5) is 0 Å². The predicted molar refractivity (Wildman–Crippen MR) is 72.3 cm³/mol. The van der Waals surface area contributed by atoms with Crippen LogP contribution in [0.2, 0.25) is 0 Å². The monoisotopic (exact) mass is 287 g/mol. The Morgan fingerprint density at radius 3 is 3.00 bits per heavy atom. The van der Waals surface area contributed by atoms with Gasteiger partial charge in [-0.25, -0.2) is 0 Å². The Labute approximate surface area is 122 Å². The molecule has 3 fully saturated rings. The van der Waals surface area contributed by atoms with Gasteiger partial charge in [0.15, 0.2) is 11.5 Å². The molecule has 1 aromatic rings. The second-order valence-electron chi connectivity index (χ2n) is 6.96. The largest absolute Gasteiger partial charge is 0.454 e. The molecule has 0 spiro atoms. The summed E-state index contributed by atoms with van der Waals surface area (Å²) in [4.78, 5) is 2.52. The van der Waals surface area contributed by atoms with Crippen LogP contribution in [-0.2, 0) is 16.7 Å². The number of rotatable bonds is 0. The highest BCUT2D eigenvalue weighted by atomic mass is 16.7. The van der Waals surface area contributed by atoms with Gasteiger partial charge >= 0.3 is 0 Å². The molecule has 110 valence electrons. The molecule has 0 radical (unpaired) electrons. The summed E-state index contributed by atoms with van der Waals surface area (Å²) >= 11 is 0. The smallest absolute Gasteiger partial charge is 0.231 e. The molecule has 5 aliphatic rings. The van der Waals surface area contributed by atoms with Gasteiger partial charge in [0.1, 0.15) is 6.10 Å². The molecule has 6 atom stereocenters. The second-order valence-corrected chi connectivity index (χ2v) is 6.96. The number of nitrogens with zero attached hydrogens (tertiary/aromatic N) is 1. The Balaban J connectivity index is 1.58. The summed E-state index contributed by atoms with van der Waals surface area (Å²) in [6.07, 6.45) is 1.87. The van der Waals surface area contributed by atoms with Crippen LogP contribution in [-0.4, -0.2) is 47.7 Å². The summed E-state index contributed by atoms with van der Waals surface area (Å²) in [5, 5.41) is 10.2. The van der Waals surface area contributed by atoms with Gasteiger partial charge in [0.25, 0.3) is 0 Å². The van der Waals surface area contributed by atoms with Crippen molar-refractivity contribution in [2.75, 3.05) is 13.3 Å². The van der Waals surface area contributed by atoms with E-state index in [0.717, 1.165) is 37.4 Å². The first-order valence-corrected chi connectivity index (χ1v) is 7.78. The van der Waals surface area contributed by atoms with Crippen molar-refractivity contribution in [3.8, 4) is 11.5 Å². The maximum absolute atomic E-state index is 10.2. The normalized spacial score (nSPS) is 47.6. The molecule has 21 heavy (non-hydrogen) atoms. The summed E-state index contributed by atoms with van der Waals surface area (Å²) in [5.74, 6) is 1.74. The first-order chi connectivity index (χ1) is 10.3. The van der Waals surface area contributed by atoms with E-state index in [1.54, 1.807) is 0 Å². The van der Waals surface area contributed by atoms with Crippen molar-refractivity contribution < 1.29 is 19.3 Å². The molecule has 1 saturated carbocycles. The van der Waals surface area contributed by atoms with Crippen molar-refractivity contribution in [1.29, 1.82) is 0 Å². The van der Waals surface area contributed by atoms with E-state index in [9.17, 15) is 5.11 Å². The van der Waals surface area contributed by atoms with E-state index in [-0.39, 0.29) is 23.7 Å². The number of benzene rings is 1. The molecule has 2 saturated heterocycles. The number of aliphatic hydroxyl groups excluding tert-OH is 1. The van der Waals surface area contributed by atoms with Crippen molar-refractivity contribution in [3.05, 3.63) is 23.3 Å². The van der Waals surface area contributed by atoms with Crippen LogP contribution in [0, 0.1) is 0 Å². The number of ether oxygens (including phenoxy) is 3. The molecule has 1 aliphatic carbocycles. The average Bonchev–Trinajstić information content (AvgIpc) is 3.10. The zero-order chi connectivity index (χ0) is 13.8. The molecule has 1 aromatic carbocycles. The number of aliphatic hydroxyl groups is 1. The molecule has 0 amide bonds. The Morgan fingerprint density at radius 1 is 1.24 bits per heavy atom. The van der Waals surface area contributed by atoms with Crippen LogP contribution in [0.25, 0.3) is 0 Å². The molecule has 4 aliphatic heterocycles. The zero-order valence-electron chi connectivity index (χ0n) is 11.6. The molecule has 5 nitrogen and oxygen atoms in total. The van der Waals surface area contributed by atoms with Crippen molar-refractivity contribution in [3.63, 3.8) is 0 Å². The van der Waals surface area contributed by atoms with Crippen LogP contribution in [0.3, 0.4) is 0 Å². The number of fused-ring (bicyclic) bond motifs is 3. The van der Waals surface area contributed by atoms with Crippen LogP contribution >= 0.6 is 0 Å². The van der Waals surface area contributed by atoms with Crippen LogP contribution in [0.5, 0.6) is 11.5 Å². The lowest BCUT2D eigenvalue weighted by molar-refractivity contribution is 0.0586. The molecule has 5 heteroatoms. The Morgan fingerprint density at radius 2 is 2.10 bits per heavy atom. The Kier molecular flexibility index (Phi) is 1.81. The van der Waals surface area contributed by atoms with Gasteiger partial charge in [0, 0.05) is 18.0 Å². The highest BCUT2D eigenvalue weighted by Crippen LogP contribution is 2.60. The van der Waals surface area contributed by atoms with E-state index in [2.05, 4.69) is 17.0 Å². The second kappa shape index (κ2) is 3.37. The predicted octanol–water partition coefficient (Wildman–Crippen LogP) is 0.773. The van der Waals surface area contributed by atoms with Crippen molar-refractivity contribution in [2.24, 2.45) is 0 Å². The molecule has 1 unspecified atom stereocenters. The van der Waals surface area contributed by atoms with Gasteiger partial charge in [0.05, 0.1) is 12.2 Å². The SMILES string of the molecule is O[C@@H]1C[C@@H]2N3CC[C@]2(c2cc4c(cc2C3)OCO4)[C@@H]2O[C@H]12. The van der Waals surface area contributed by atoms with Crippen LogP contribution < -0.4 is 9.47 Å². The molecule has 2 bridgehead atoms. The van der Waals surface area contributed by atoms with E-state index < -0.39 is 0 Å². The summed E-state index contributed by atoms with van der Waals surface area (Å²) < 4.78 is 17.0. The Hall–Kier alpha value is -1.30. The quantitative estimate of drug-likeness (QED) is 0.714. The third kappa shape index (κ3) is 1.17. The standard InChI is InChI=1S/C16H17NO4/c18-10-5-13-16(15-14(10)21-15)1-2-17(13)6-8-3-11-12(4-9(8)16)20-7-19-11/h3-4,10,13-15,18H,1-2,5-7H2/t10-,13+,14-,15-,16-/m1/s1. The maximum atomic E-state index is 10.2. The summed E-state index contributed by atoms with van der Waals surface area (Å²) in [6.45, 7) is 2.35. The average molecular weight is 287 g/mol. The maximum Gasteiger partial charge on any atom is 0.231 e. The minimum Gasteiger partial charge on any atom is -0.454 e. The number of hydrogen-bond acceptors (Lipinski definition) is 5. The molecule has 4 heterocycles. The van der Waals surface area contributed by atoms with Gasteiger partial charge in [-0.05, 0) is 42.6 Å². The van der Waals surface area contributed by atoms with Crippen molar-refractivity contribution in [1.82, 2.24) is 4.90 Å². The highest BCUT2D eigenvalue weighted by Gasteiger charge is 2.69. The first kappa shape index (κ1) is 11.3. The summed E-state index contributed by atoms with van der Waals surface area (Å²) in [7, 11) is 0. The van der Waals surface area contributed by atoms with Gasteiger partial charge in [-0.2, -0.15) is 0 Å². The van der Waals surface area contributed by atoms with Crippen molar-refractivity contribution in [2.45, 2.75) is 49.2 Å². The van der Waals surface area contributed by atoms with E-state index in [4.69, 9.17) is 14.2 Å². The lowest BCUT2D eigenvalue weighted by Crippen LogP contribution is -2.55. The fraction of sp³-hybridized carbons (Fsp3) is 0.625. The molecular weight excluding hydrogens is 270 g/mol. The highest BCUT2D eigenvalue weighted by molar-refractivity contribution is 5.55. The number of hydrogen-bond donors (Lipinski definition) is 1. The van der Waals surface area contributed by atoms with Gasteiger partial charge in [-0.3, -0.25) is 4.90 Å². The van der Waals surface area contributed by atoms with E-state index in [0.29, 0.717) is 12.8 Å². The molecular formula is C16H17NO4. The molecule has 6 rings (SSSR count). The van der Waals surface area contributed by atoms with Crippen LogP contribution in [0.15, 0.2) is 12.1 Å². The topological polar surface area (TPSA) is 54.5 Å². The fourth-order valence-corrected chi connectivity index (χ4v) is 5.29. The van der Waals surface area contributed by atoms with Gasteiger partial charge in [-0.15, -0.1) is 0 Å². The van der Waals surface area contributed by atoms with E-state index in [1.165, 1.54) is 11.1 Å². The van der Waals surface area contributed by atoms with E-state index in [1.807, 2.05) is 0 Å².